The van der Waals surface area contributed by atoms with Crippen molar-refractivity contribution in [2.24, 2.45) is 4.99 Å². The minimum atomic E-state index is -0.520. The van der Waals surface area contributed by atoms with Crippen LogP contribution in [0.5, 0.6) is 17.2 Å². The van der Waals surface area contributed by atoms with Gasteiger partial charge in [0.15, 0.2) is 16.7 Å². The highest BCUT2D eigenvalue weighted by Gasteiger charge is 2.26. The molecule has 0 aliphatic carbocycles. The van der Waals surface area contributed by atoms with Crippen LogP contribution in [0.3, 0.4) is 0 Å². The predicted molar refractivity (Wildman–Crippen MR) is 139 cm³/mol. The Morgan fingerprint density at radius 1 is 1.06 bits per heavy atom. The summed E-state index contributed by atoms with van der Waals surface area (Å²) in [6.07, 6.45) is 1.45. The lowest BCUT2D eigenvalue weighted by atomic mass is 10.1. The van der Waals surface area contributed by atoms with Crippen LogP contribution in [0.1, 0.15) is 18.1 Å². The van der Waals surface area contributed by atoms with Crippen molar-refractivity contribution in [3.8, 4) is 17.2 Å². The van der Waals surface area contributed by atoms with E-state index in [4.69, 9.17) is 14.2 Å². The van der Waals surface area contributed by atoms with Crippen LogP contribution in [0.4, 0.5) is 11.4 Å². The number of amidine groups is 1. The molecule has 0 spiro atoms. The molecule has 1 saturated heterocycles. The maximum atomic E-state index is 12.6. The summed E-state index contributed by atoms with van der Waals surface area (Å²) < 4.78 is 16.6. The highest BCUT2D eigenvalue weighted by molar-refractivity contribution is 8.18. The molecule has 0 aromatic heterocycles. The zero-order chi connectivity index (χ0) is 25.5. The van der Waals surface area contributed by atoms with Gasteiger partial charge in [-0.25, -0.2) is 4.99 Å². The summed E-state index contributed by atoms with van der Waals surface area (Å²) in [6.45, 7) is 2.68. The number of methoxy groups -OCH3 is 1. The molecule has 1 amide bonds. The molecule has 3 aromatic carbocycles. The fraction of sp³-hybridized carbons (Fsp3) is 0.154. The average molecular weight is 506 g/mol. The molecule has 1 fully saturated rings. The maximum Gasteiger partial charge on any atom is 0.280 e. The number of benzene rings is 3. The molecule has 3 aromatic rings. The van der Waals surface area contributed by atoms with Gasteiger partial charge in [0.05, 0.1) is 40.9 Å². The second-order valence-electron chi connectivity index (χ2n) is 7.50. The number of carbonyl (C=O) groups is 1. The first-order valence-electron chi connectivity index (χ1n) is 11.0. The molecule has 0 radical (unpaired) electrons. The second kappa shape index (κ2) is 11.4. The molecule has 10 heteroatoms. The number of ether oxygens (including phenoxy) is 3. The zero-order valence-corrected chi connectivity index (χ0v) is 20.4. The minimum absolute atomic E-state index is 0.211. The van der Waals surface area contributed by atoms with E-state index in [1.807, 2.05) is 37.3 Å². The number of aliphatic imine (C=N–C) groups is 1. The molecule has 0 atom stereocenters. The largest absolute Gasteiger partial charge is 0.494 e. The average Bonchev–Trinajstić information content (AvgIpc) is 3.22. The Balaban J connectivity index is 1.58. The van der Waals surface area contributed by atoms with Crippen molar-refractivity contribution >= 4 is 40.3 Å². The molecule has 9 nitrogen and oxygen atoms in total. The summed E-state index contributed by atoms with van der Waals surface area (Å²) in [5.41, 5.74) is 1.54. The van der Waals surface area contributed by atoms with Gasteiger partial charge in [0.1, 0.15) is 12.4 Å². The van der Waals surface area contributed by atoms with Crippen molar-refractivity contribution in [3.63, 3.8) is 0 Å². The predicted octanol–water partition coefficient (Wildman–Crippen LogP) is 5.47. The van der Waals surface area contributed by atoms with E-state index in [1.165, 1.54) is 25.3 Å². The van der Waals surface area contributed by atoms with Crippen LogP contribution < -0.4 is 19.5 Å². The lowest BCUT2D eigenvalue weighted by molar-refractivity contribution is -0.385. The molecular weight excluding hydrogens is 482 g/mol. The standard InChI is InChI=1S/C26H23N3O6S/c1-3-34-20-11-9-19(10-12-20)27-26-28-25(30)24(36-26)14-18-13-22(33-2)23(15-21(18)29(31)32)35-16-17-7-5-4-6-8-17/h4-15H,3,16H2,1-2H3,(H,27,28,30)/b24-14-. The number of nitrogens with one attached hydrogen (secondary N) is 1. The summed E-state index contributed by atoms with van der Waals surface area (Å²) in [5, 5.41) is 14.9. The van der Waals surface area contributed by atoms with Crippen LogP contribution >= 0.6 is 11.8 Å². The van der Waals surface area contributed by atoms with Gasteiger partial charge >= 0.3 is 0 Å². The Hall–Kier alpha value is -4.31. The lowest BCUT2D eigenvalue weighted by Gasteiger charge is -2.12. The quantitative estimate of drug-likeness (QED) is 0.233. The molecule has 184 valence electrons. The Morgan fingerprint density at radius 3 is 2.47 bits per heavy atom. The van der Waals surface area contributed by atoms with Crippen molar-refractivity contribution in [1.29, 1.82) is 0 Å². The van der Waals surface area contributed by atoms with E-state index in [9.17, 15) is 14.9 Å². The third-order valence-corrected chi connectivity index (χ3v) is 5.97. The SMILES string of the molecule is CCOc1ccc(N=C2NC(=O)/C(=C/c3cc(OC)c(OCc4ccccc4)cc3[N+](=O)[O-])S2)cc1. The molecule has 1 aliphatic rings. The third-order valence-electron chi connectivity index (χ3n) is 5.06. The zero-order valence-electron chi connectivity index (χ0n) is 19.6. The van der Waals surface area contributed by atoms with Gasteiger partial charge in [-0.3, -0.25) is 14.9 Å². The Bertz CT molecular complexity index is 1320. The normalized spacial score (nSPS) is 15.1. The van der Waals surface area contributed by atoms with Gasteiger partial charge in [0.25, 0.3) is 11.6 Å². The summed E-state index contributed by atoms with van der Waals surface area (Å²) in [5.74, 6) is 0.872. The van der Waals surface area contributed by atoms with Gasteiger partial charge in [0, 0.05) is 0 Å². The van der Waals surface area contributed by atoms with Crippen LogP contribution in [0.15, 0.2) is 76.6 Å². The van der Waals surface area contributed by atoms with E-state index >= 15 is 0 Å². The number of carbonyl (C=O) groups excluding carboxylic acids is 1. The molecular formula is C26H23N3O6S. The number of hydrogen-bond donors (Lipinski definition) is 1. The van der Waals surface area contributed by atoms with Crippen LogP contribution in [0.2, 0.25) is 0 Å². The number of rotatable bonds is 9. The summed E-state index contributed by atoms with van der Waals surface area (Å²) >= 11 is 1.09. The highest BCUT2D eigenvalue weighted by Crippen LogP contribution is 2.38. The third kappa shape index (κ3) is 6.02. The Kier molecular flexibility index (Phi) is 7.86. The molecule has 0 saturated carbocycles. The highest BCUT2D eigenvalue weighted by atomic mass is 32.2. The van der Waals surface area contributed by atoms with E-state index in [0.29, 0.717) is 23.2 Å². The molecule has 1 heterocycles. The number of nitro groups is 1. The summed E-state index contributed by atoms with van der Waals surface area (Å²) in [7, 11) is 1.45. The molecule has 4 rings (SSSR count). The van der Waals surface area contributed by atoms with E-state index in [-0.39, 0.29) is 28.5 Å². The maximum absolute atomic E-state index is 12.6. The Labute approximate surface area is 211 Å². The molecule has 1 N–H and O–H groups in total. The van der Waals surface area contributed by atoms with Crippen molar-refractivity contribution in [3.05, 3.63) is 92.9 Å². The first-order valence-corrected chi connectivity index (χ1v) is 11.8. The molecule has 36 heavy (non-hydrogen) atoms. The summed E-state index contributed by atoms with van der Waals surface area (Å²) in [4.78, 5) is 28.6. The van der Waals surface area contributed by atoms with Crippen molar-refractivity contribution < 1.29 is 23.9 Å². The van der Waals surface area contributed by atoms with Gasteiger partial charge in [-0.1, -0.05) is 30.3 Å². The monoisotopic (exact) mass is 505 g/mol. The van der Waals surface area contributed by atoms with Crippen LogP contribution in [0, 0.1) is 10.1 Å². The van der Waals surface area contributed by atoms with Crippen molar-refractivity contribution in [2.45, 2.75) is 13.5 Å². The number of nitro benzene ring substituents is 1. The van der Waals surface area contributed by atoms with Gasteiger partial charge in [-0.2, -0.15) is 0 Å². The van der Waals surface area contributed by atoms with Crippen molar-refractivity contribution in [1.82, 2.24) is 5.32 Å². The van der Waals surface area contributed by atoms with Crippen LogP contribution in [-0.4, -0.2) is 29.7 Å². The lowest BCUT2D eigenvalue weighted by Crippen LogP contribution is -2.19. The van der Waals surface area contributed by atoms with Crippen LogP contribution in [-0.2, 0) is 11.4 Å². The van der Waals surface area contributed by atoms with Gasteiger partial charge in [-0.15, -0.1) is 0 Å². The first kappa shape index (κ1) is 24.8. The number of nitrogens with zero attached hydrogens (tertiary/aromatic N) is 2. The topological polar surface area (TPSA) is 112 Å². The van der Waals surface area contributed by atoms with Crippen molar-refractivity contribution in [2.75, 3.05) is 13.7 Å². The van der Waals surface area contributed by atoms with E-state index in [1.54, 1.807) is 24.3 Å². The summed E-state index contributed by atoms with van der Waals surface area (Å²) in [6, 6.07) is 19.4. The van der Waals surface area contributed by atoms with Gasteiger partial charge < -0.3 is 19.5 Å². The van der Waals surface area contributed by atoms with E-state index < -0.39 is 10.8 Å². The molecule has 0 unspecified atom stereocenters. The second-order valence-corrected chi connectivity index (χ2v) is 8.53. The number of hydrogen-bond acceptors (Lipinski definition) is 8. The first-order chi connectivity index (χ1) is 17.5. The van der Waals surface area contributed by atoms with Gasteiger partial charge in [-0.05, 0) is 60.7 Å². The fourth-order valence-corrected chi connectivity index (χ4v) is 4.20. The number of thioether (sulfide) groups is 1. The van der Waals surface area contributed by atoms with E-state index in [2.05, 4.69) is 10.3 Å². The Morgan fingerprint density at radius 2 is 1.81 bits per heavy atom. The smallest absolute Gasteiger partial charge is 0.280 e. The number of amides is 1. The van der Waals surface area contributed by atoms with Crippen LogP contribution in [0.25, 0.3) is 6.08 Å². The van der Waals surface area contributed by atoms with E-state index in [0.717, 1.165) is 23.1 Å². The fourth-order valence-electron chi connectivity index (χ4n) is 3.37. The van der Waals surface area contributed by atoms with Gasteiger partial charge in [0.2, 0.25) is 0 Å². The molecule has 0 bridgehead atoms. The molecule has 1 aliphatic heterocycles. The minimum Gasteiger partial charge on any atom is -0.494 e.